The summed E-state index contributed by atoms with van der Waals surface area (Å²) in [6.07, 6.45) is 0.406. The fourth-order valence-electron chi connectivity index (χ4n) is 4.05. The summed E-state index contributed by atoms with van der Waals surface area (Å²) in [7, 11) is 4.21. The van der Waals surface area contributed by atoms with Gasteiger partial charge in [0.2, 0.25) is 0 Å². The minimum Gasteiger partial charge on any atom is -0.493 e. The minimum atomic E-state index is -0.653. The molecule has 9 nitrogen and oxygen atoms in total. The number of carbonyl (C=O) groups is 1. The van der Waals surface area contributed by atoms with Gasteiger partial charge in [-0.3, -0.25) is 20.2 Å². The molecule has 0 radical (unpaired) electrons. The van der Waals surface area contributed by atoms with E-state index in [1.165, 1.54) is 27.4 Å². The number of H-pyrrole nitrogens is 1. The molecule has 4 rings (SSSR count). The molecule has 156 valence electrons. The number of methoxy groups -OCH3 is 3. The summed E-state index contributed by atoms with van der Waals surface area (Å²) in [5.74, 6) is 0.182. The number of ether oxygens (including phenoxy) is 3. The lowest BCUT2D eigenvalue weighted by Gasteiger charge is -2.30. The lowest BCUT2D eigenvalue weighted by Crippen LogP contribution is -2.45. The molecular weight excluding hydrogens is 390 g/mol. The molecule has 2 atom stereocenters. The molecule has 1 aromatic heterocycles. The summed E-state index contributed by atoms with van der Waals surface area (Å²) >= 11 is 0. The smallest absolute Gasteiger partial charge is 0.323 e. The van der Waals surface area contributed by atoms with Gasteiger partial charge in [-0.2, -0.15) is 0 Å². The molecule has 0 saturated heterocycles. The van der Waals surface area contributed by atoms with Crippen LogP contribution in [-0.2, 0) is 16.0 Å². The summed E-state index contributed by atoms with van der Waals surface area (Å²) < 4.78 is 15.5. The fraction of sp³-hybridized carbons (Fsp3) is 0.286. The lowest BCUT2D eigenvalue weighted by molar-refractivity contribution is -0.385. The highest BCUT2D eigenvalue weighted by atomic mass is 16.6. The van der Waals surface area contributed by atoms with Crippen LogP contribution in [0.4, 0.5) is 5.69 Å². The van der Waals surface area contributed by atoms with Crippen molar-refractivity contribution in [3.05, 3.63) is 63.3 Å². The van der Waals surface area contributed by atoms with E-state index in [4.69, 9.17) is 14.2 Å². The Hall–Kier alpha value is -3.59. The van der Waals surface area contributed by atoms with Crippen LogP contribution in [0.2, 0.25) is 0 Å². The van der Waals surface area contributed by atoms with E-state index in [2.05, 4.69) is 10.3 Å². The van der Waals surface area contributed by atoms with E-state index in [0.29, 0.717) is 17.7 Å². The number of nitro groups is 1. The van der Waals surface area contributed by atoms with Crippen LogP contribution in [0.15, 0.2) is 36.4 Å². The molecule has 2 heterocycles. The second-order valence-electron chi connectivity index (χ2n) is 6.97. The number of carbonyl (C=O) groups excluding carboxylic acids is 1. The third-order valence-electron chi connectivity index (χ3n) is 5.44. The Morgan fingerprint density at radius 1 is 1.13 bits per heavy atom. The van der Waals surface area contributed by atoms with Gasteiger partial charge in [-0.05, 0) is 17.7 Å². The summed E-state index contributed by atoms with van der Waals surface area (Å²) in [6, 6.07) is 9.32. The number of nitrogens with zero attached hydrogens (tertiary/aromatic N) is 1. The first-order valence-corrected chi connectivity index (χ1v) is 9.32. The summed E-state index contributed by atoms with van der Waals surface area (Å²) in [5, 5.41) is 16.1. The number of fused-ring (bicyclic) bond motifs is 3. The van der Waals surface area contributed by atoms with Crippen molar-refractivity contribution in [2.45, 2.75) is 18.5 Å². The molecule has 0 fully saturated rings. The van der Waals surface area contributed by atoms with Crippen LogP contribution < -0.4 is 14.8 Å². The van der Waals surface area contributed by atoms with Crippen molar-refractivity contribution in [2.24, 2.45) is 0 Å². The van der Waals surface area contributed by atoms with Gasteiger partial charge < -0.3 is 19.2 Å². The summed E-state index contributed by atoms with van der Waals surface area (Å²) in [5.41, 5.74) is 2.81. The van der Waals surface area contributed by atoms with Crippen LogP contribution in [0.3, 0.4) is 0 Å². The molecule has 2 N–H and O–H groups in total. The Morgan fingerprint density at radius 3 is 2.50 bits per heavy atom. The van der Waals surface area contributed by atoms with Crippen molar-refractivity contribution < 1.29 is 23.9 Å². The van der Waals surface area contributed by atoms with Gasteiger partial charge in [0.1, 0.15) is 6.04 Å². The largest absolute Gasteiger partial charge is 0.493 e. The van der Waals surface area contributed by atoms with Crippen LogP contribution in [0, 0.1) is 10.1 Å². The second-order valence-corrected chi connectivity index (χ2v) is 6.97. The number of hydrogen-bond acceptors (Lipinski definition) is 7. The van der Waals surface area contributed by atoms with Crippen molar-refractivity contribution in [1.29, 1.82) is 0 Å². The topological polar surface area (TPSA) is 116 Å². The first-order chi connectivity index (χ1) is 14.5. The normalized spacial score (nSPS) is 18.0. The maximum atomic E-state index is 12.4. The second kappa shape index (κ2) is 7.68. The maximum absolute atomic E-state index is 12.4. The molecule has 0 spiro atoms. The highest BCUT2D eigenvalue weighted by Crippen LogP contribution is 2.42. The van der Waals surface area contributed by atoms with Gasteiger partial charge in [-0.15, -0.1) is 0 Å². The zero-order chi connectivity index (χ0) is 21.4. The van der Waals surface area contributed by atoms with Gasteiger partial charge in [0.05, 0.1) is 43.9 Å². The molecule has 3 aromatic rings. The fourth-order valence-corrected chi connectivity index (χ4v) is 4.05. The van der Waals surface area contributed by atoms with E-state index >= 15 is 0 Å². The third-order valence-corrected chi connectivity index (χ3v) is 5.44. The van der Waals surface area contributed by atoms with Gasteiger partial charge >= 0.3 is 5.97 Å². The molecule has 30 heavy (non-hydrogen) atoms. The van der Waals surface area contributed by atoms with Crippen molar-refractivity contribution in [3.63, 3.8) is 0 Å². The van der Waals surface area contributed by atoms with E-state index in [1.54, 1.807) is 6.07 Å². The predicted molar refractivity (Wildman–Crippen MR) is 109 cm³/mol. The van der Waals surface area contributed by atoms with Crippen LogP contribution in [-0.4, -0.2) is 43.2 Å². The van der Waals surface area contributed by atoms with Crippen molar-refractivity contribution in [1.82, 2.24) is 10.3 Å². The van der Waals surface area contributed by atoms with Crippen molar-refractivity contribution in [2.75, 3.05) is 21.3 Å². The third kappa shape index (κ3) is 3.13. The number of benzene rings is 2. The van der Waals surface area contributed by atoms with Crippen LogP contribution in [0.1, 0.15) is 22.9 Å². The van der Waals surface area contributed by atoms with E-state index in [0.717, 1.165) is 22.2 Å². The maximum Gasteiger partial charge on any atom is 0.323 e. The quantitative estimate of drug-likeness (QED) is 0.377. The molecule has 1 aliphatic heterocycles. The summed E-state index contributed by atoms with van der Waals surface area (Å²) in [4.78, 5) is 27.1. The van der Waals surface area contributed by atoms with E-state index in [1.807, 2.05) is 24.3 Å². The van der Waals surface area contributed by atoms with Crippen molar-refractivity contribution >= 4 is 22.6 Å². The molecule has 0 saturated carbocycles. The average molecular weight is 411 g/mol. The van der Waals surface area contributed by atoms with E-state index in [-0.39, 0.29) is 11.4 Å². The SMILES string of the molecule is COC(=O)C1Cc2c([nH]c3ccccc23)C(c2cc(OC)c(OC)cc2[N+](=O)[O-])N1. The van der Waals surface area contributed by atoms with E-state index in [9.17, 15) is 14.9 Å². The minimum absolute atomic E-state index is 0.139. The number of hydrogen-bond donors (Lipinski definition) is 2. The number of rotatable bonds is 5. The zero-order valence-electron chi connectivity index (χ0n) is 16.7. The average Bonchev–Trinajstić information content (AvgIpc) is 3.15. The molecule has 0 bridgehead atoms. The highest BCUT2D eigenvalue weighted by Gasteiger charge is 2.38. The summed E-state index contributed by atoms with van der Waals surface area (Å²) in [6.45, 7) is 0. The van der Waals surface area contributed by atoms with Crippen LogP contribution >= 0.6 is 0 Å². The lowest BCUT2D eigenvalue weighted by atomic mass is 9.89. The Bertz CT molecular complexity index is 1140. The molecule has 9 heteroatoms. The Labute approximate surface area is 172 Å². The van der Waals surface area contributed by atoms with Gasteiger partial charge in [-0.1, -0.05) is 18.2 Å². The number of aromatic nitrogens is 1. The number of nitro benzene ring substituents is 1. The van der Waals surface area contributed by atoms with Crippen LogP contribution in [0.25, 0.3) is 10.9 Å². The first-order valence-electron chi connectivity index (χ1n) is 9.32. The van der Waals surface area contributed by atoms with E-state index < -0.39 is 23.0 Å². The highest BCUT2D eigenvalue weighted by molar-refractivity contribution is 5.87. The van der Waals surface area contributed by atoms with Crippen molar-refractivity contribution in [3.8, 4) is 11.5 Å². The van der Waals surface area contributed by atoms with Gasteiger partial charge in [-0.25, -0.2) is 0 Å². The number of para-hydroxylation sites is 1. The molecule has 2 unspecified atom stereocenters. The monoisotopic (exact) mass is 411 g/mol. The number of aromatic amines is 1. The first kappa shape index (κ1) is 19.7. The molecule has 0 amide bonds. The van der Waals surface area contributed by atoms with Gasteiger partial charge in [0, 0.05) is 23.0 Å². The standard InChI is InChI=1S/C21H21N3O6/c1-28-17-9-13(16(24(26)27)10-18(17)29-2)20-19-12(8-15(23-20)21(25)30-3)11-6-4-5-7-14(11)22-19/h4-7,9-10,15,20,22-23H,8H2,1-3H3. The zero-order valence-corrected chi connectivity index (χ0v) is 16.7. The Morgan fingerprint density at radius 2 is 1.83 bits per heavy atom. The molecule has 0 aliphatic carbocycles. The molecular formula is C21H21N3O6. The van der Waals surface area contributed by atoms with Gasteiger partial charge in [0.25, 0.3) is 5.69 Å². The van der Waals surface area contributed by atoms with Gasteiger partial charge in [0.15, 0.2) is 11.5 Å². The van der Waals surface area contributed by atoms with Crippen LogP contribution in [0.5, 0.6) is 11.5 Å². The Balaban J connectivity index is 1.96. The Kier molecular flexibility index (Phi) is 5.04. The predicted octanol–water partition coefficient (Wildman–Crippen LogP) is 2.87. The molecule has 2 aromatic carbocycles. The number of nitrogens with one attached hydrogen (secondary N) is 2. The molecule has 1 aliphatic rings. The number of esters is 1.